The minimum absolute atomic E-state index is 0.209. The van der Waals surface area contributed by atoms with E-state index in [1.54, 1.807) is 0 Å². The summed E-state index contributed by atoms with van der Waals surface area (Å²) < 4.78 is 0. The molecule has 0 aromatic heterocycles. The van der Waals surface area contributed by atoms with Crippen molar-refractivity contribution in [2.24, 2.45) is 10.8 Å². The first-order chi connectivity index (χ1) is 7.10. The SMILES string of the molecule is O=C1C(CBr)(CBr)CCCC1(CBr)CBr. The van der Waals surface area contributed by atoms with Crippen LogP contribution in [0, 0.1) is 10.8 Å². The van der Waals surface area contributed by atoms with E-state index in [1.165, 1.54) is 0 Å². The Kier molecular flexibility index (Phi) is 5.82. The number of alkyl halides is 4. The second-order valence-corrected chi connectivity index (χ2v) is 6.52. The zero-order valence-corrected chi connectivity index (χ0v) is 14.7. The monoisotopic (exact) mass is 466 g/mol. The maximum absolute atomic E-state index is 12.6. The van der Waals surface area contributed by atoms with Crippen molar-refractivity contribution in [3.63, 3.8) is 0 Å². The molecule has 0 N–H and O–H groups in total. The van der Waals surface area contributed by atoms with Gasteiger partial charge in [0.25, 0.3) is 0 Å². The van der Waals surface area contributed by atoms with E-state index in [4.69, 9.17) is 0 Å². The van der Waals surface area contributed by atoms with Crippen molar-refractivity contribution < 1.29 is 4.79 Å². The number of hydrogen-bond donors (Lipinski definition) is 0. The zero-order valence-electron chi connectivity index (χ0n) is 8.37. The predicted octanol–water partition coefficient (Wildman–Crippen LogP) is 4.29. The molecule has 0 unspecified atom stereocenters. The molecule has 1 aliphatic rings. The smallest absolute Gasteiger partial charge is 0.148 e. The molecule has 0 bridgehead atoms. The zero-order chi connectivity index (χ0) is 11.5. The number of carbonyl (C=O) groups is 1. The van der Waals surface area contributed by atoms with Crippen molar-refractivity contribution in [1.29, 1.82) is 0 Å². The van der Waals surface area contributed by atoms with Crippen molar-refractivity contribution in [3.8, 4) is 0 Å². The van der Waals surface area contributed by atoms with Crippen molar-refractivity contribution in [2.45, 2.75) is 19.3 Å². The molecule has 0 aliphatic heterocycles. The van der Waals surface area contributed by atoms with Gasteiger partial charge in [0.15, 0.2) is 0 Å². The number of halogens is 4. The molecule has 0 atom stereocenters. The van der Waals surface area contributed by atoms with E-state index in [1.807, 2.05) is 0 Å². The molecule has 88 valence electrons. The van der Waals surface area contributed by atoms with Gasteiger partial charge in [-0.15, -0.1) is 0 Å². The normalized spacial score (nSPS) is 24.1. The molecule has 0 radical (unpaired) electrons. The van der Waals surface area contributed by atoms with Gasteiger partial charge in [0.05, 0.1) is 0 Å². The summed E-state index contributed by atoms with van der Waals surface area (Å²) in [6.07, 6.45) is 3.11. The lowest BCUT2D eigenvalue weighted by Crippen LogP contribution is -2.51. The van der Waals surface area contributed by atoms with Crippen molar-refractivity contribution in [1.82, 2.24) is 0 Å². The molecule has 0 spiro atoms. The Balaban J connectivity index is 3.01. The van der Waals surface area contributed by atoms with E-state index in [9.17, 15) is 4.79 Å². The standard InChI is InChI=1S/C10H14Br4O/c11-4-9(5-12)2-1-3-10(6-13,7-14)8(9)15/h1-7H2. The highest BCUT2D eigenvalue weighted by molar-refractivity contribution is 9.10. The quantitative estimate of drug-likeness (QED) is 0.561. The molecule has 1 aliphatic carbocycles. The van der Waals surface area contributed by atoms with Crippen LogP contribution in [-0.2, 0) is 4.79 Å². The predicted molar refractivity (Wildman–Crippen MR) is 78.9 cm³/mol. The average molecular weight is 470 g/mol. The molecular formula is C10H14Br4O. The third-order valence-corrected chi connectivity index (χ3v) is 7.59. The van der Waals surface area contributed by atoms with Gasteiger partial charge in [-0.25, -0.2) is 0 Å². The van der Waals surface area contributed by atoms with E-state index < -0.39 is 0 Å². The van der Waals surface area contributed by atoms with Crippen LogP contribution in [0.25, 0.3) is 0 Å². The Morgan fingerprint density at radius 3 is 1.47 bits per heavy atom. The molecule has 1 saturated carbocycles. The minimum atomic E-state index is -0.209. The Morgan fingerprint density at radius 1 is 0.867 bits per heavy atom. The molecular weight excluding hydrogens is 456 g/mol. The number of carbonyl (C=O) groups excluding carboxylic acids is 1. The highest BCUT2D eigenvalue weighted by atomic mass is 79.9. The number of hydrogen-bond acceptors (Lipinski definition) is 1. The summed E-state index contributed by atoms with van der Waals surface area (Å²) in [5, 5.41) is 3.02. The van der Waals surface area contributed by atoms with Crippen LogP contribution in [0.15, 0.2) is 0 Å². The summed E-state index contributed by atoms with van der Waals surface area (Å²) in [4.78, 5) is 12.6. The van der Waals surface area contributed by atoms with Gasteiger partial charge in [-0.1, -0.05) is 70.1 Å². The average Bonchev–Trinajstić information content (AvgIpc) is 2.30. The van der Waals surface area contributed by atoms with Crippen LogP contribution >= 0.6 is 63.7 Å². The summed E-state index contributed by atoms with van der Waals surface area (Å²) in [5.41, 5.74) is -0.417. The fourth-order valence-electron chi connectivity index (χ4n) is 2.14. The lowest BCUT2D eigenvalue weighted by molar-refractivity contribution is -0.138. The minimum Gasteiger partial charge on any atom is -0.298 e. The molecule has 5 heteroatoms. The molecule has 0 aromatic rings. The van der Waals surface area contributed by atoms with Gasteiger partial charge in [-0.05, 0) is 12.8 Å². The van der Waals surface area contributed by atoms with Gasteiger partial charge in [0, 0.05) is 32.2 Å². The van der Waals surface area contributed by atoms with Gasteiger partial charge in [-0.2, -0.15) is 0 Å². The van der Waals surface area contributed by atoms with E-state index >= 15 is 0 Å². The van der Waals surface area contributed by atoms with Crippen molar-refractivity contribution in [3.05, 3.63) is 0 Å². The Morgan fingerprint density at radius 2 is 1.20 bits per heavy atom. The first-order valence-electron chi connectivity index (χ1n) is 4.89. The second-order valence-electron chi connectivity index (χ2n) is 4.28. The van der Waals surface area contributed by atoms with E-state index in [2.05, 4.69) is 63.7 Å². The Hall–Kier alpha value is 1.59. The largest absolute Gasteiger partial charge is 0.298 e. The van der Waals surface area contributed by atoms with Crippen LogP contribution < -0.4 is 0 Å². The van der Waals surface area contributed by atoms with Crippen LogP contribution in [0.5, 0.6) is 0 Å². The lowest BCUT2D eigenvalue weighted by Gasteiger charge is -2.43. The first kappa shape index (κ1) is 14.7. The summed E-state index contributed by atoms with van der Waals surface area (Å²) in [5.74, 6) is 0.392. The van der Waals surface area contributed by atoms with Gasteiger partial charge in [0.1, 0.15) is 5.78 Å². The second kappa shape index (κ2) is 5.96. The van der Waals surface area contributed by atoms with Gasteiger partial charge in [-0.3, -0.25) is 4.79 Å². The molecule has 0 aromatic carbocycles. The maximum atomic E-state index is 12.6. The third-order valence-electron chi connectivity index (χ3n) is 3.30. The summed E-state index contributed by atoms with van der Waals surface area (Å²) in [7, 11) is 0. The highest BCUT2D eigenvalue weighted by Crippen LogP contribution is 2.47. The third kappa shape index (κ3) is 2.55. The maximum Gasteiger partial charge on any atom is 0.148 e. The van der Waals surface area contributed by atoms with Crippen molar-refractivity contribution in [2.75, 3.05) is 21.3 Å². The van der Waals surface area contributed by atoms with E-state index in [0.717, 1.165) is 40.6 Å². The van der Waals surface area contributed by atoms with Crippen LogP contribution in [0.2, 0.25) is 0 Å². The lowest BCUT2D eigenvalue weighted by atomic mass is 9.64. The van der Waals surface area contributed by atoms with Crippen molar-refractivity contribution >= 4 is 69.5 Å². The molecule has 15 heavy (non-hydrogen) atoms. The van der Waals surface area contributed by atoms with Crippen LogP contribution in [0.4, 0.5) is 0 Å². The molecule has 1 rings (SSSR count). The van der Waals surface area contributed by atoms with Gasteiger partial charge in [0.2, 0.25) is 0 Å². The van der Waals surface area contributed by atoms with Crippen LogP contribution in [-0.4, -0.2) is 27.1 Å². The van der Waals surface area contributed by atoms with Gasteiger partial charge < -0.3 is 0 Å². The summed E-state index contributed by atoms with van der Waals surface area (Å²) >= 11 is 14.0. The molecule has 0 heterocycles. The molecule has 1 nitrogen and oxygen atoms in total. The molecule has 0 amide bonds. The highest BCUT2D eigenvalue weighted by Gasteiger charge is 2.50. The van der Waals surface area contributed by atoms with Gasteiger partial charge >= 0.3 is 0 Å². The fraction of sp³-hybridized carbons (Fsp3) is 0.900. The topological polar surface area (TPSA) is 17.1 Å². The Bertz CT molecular complexity index is 212. The number of rotatable bonds is 4. The first-order valence-corrected chi connectivity index (χ1v) is 9.38. The number of Topliss-reactive ketones (excluding diaryl/α,β-unsaturated/α-hetero) is 1. The van der Waals surface area contributed by atoms with Crippen LogP contribution in [0.3, 0.4) is 0 Å². The van der Waals surface area contributed by atoms with Crippen LogP contribution in [0.1, 0.15) is 19.3 Å². The fourth-order valence-corrected chi connectivity index (χ4v) is 6.13. The van der Waals surface area contributed by atoms with E-state index in [0.29, 0.717) is 5.78 Å². The summed E-state index contributed by atoms with van der Waals surface area (Å²) in [6, 6.07) is 0. The number of ketones is 1. The Labute approximate surface area is 125 Å². The summed E-state index contributed by atoms with van der Waals surface area (Å²) in [6.45, 7) is 0. The molecule has 0 saturated heterocycles. The van der Waals surface area contributed by atoms with E-state index in [-0.39, 0.29) is 10.8 Å². The molecule has 1 fully saturated rings.